The van der Waals surface area contributed by atoms with Gasteiger partial charge in [0.05, 0.1) is 11.8 Å². The molecule has 3 rings (SSSR count). The maximum atomic E-state index is 12.8. The quantitative estimate of drug-likeness (QED) is 0.661. The van der Waals surface area contributed by atoms with E-state index in [0.717, 1.165) is 16.5 Å². The molecule has 0 spiro atoms. The fourth-order valence-corrected chi connectivity index (χ4v) is 3.17. The maximum absolute atomic E-state index is 12.8. The van der Waals surface area contributed by atoms with Crippen LogP contribution in [0.5, 0.6) is 0 Å². The van der Waals surface area contributed by atoms with Gasteiger partial charge in [-0.1, -0.05) is 61.2 Å². The molecule has 2 aromatic rings. The molecule has 0 radical (unpaired) electrons. The Labute approximate surface area is 147 Å². The van der Waals surface area contributed by atoms with Crippen LogP contribution >= 0.6 is 0 Å². The lowest BCUT2D eigenvalue weighted by molar-refractivity contribution is -0.151. The van der Waals surface area contributed by atoms with Crippen LogP contribution in [0.25, 0.3) is 10.8 Å². The van der Waals surface area contributed by atoms with Gasteiger partial charge in [0, 0.05) is 11.1 Å². The molecule has 0 bridgehead atoms. The number of allylic oxidation sites excluding steroid dienone is 2. The molecule has 0 heterocycles. The number of hydrogen-bond donors (Lipinski definition) is 1. The summed E-state index contributed by atoms with van der Waals surface area (Å²) >= 11 is 0. The van der Waals surface area contributed by atoms with Gasteiger partial charge in [0.25, 0.3) is 0 Å². The smallest absolute Gasteiger partial charge is 0.310 e. The Morgan fingerprint density at radius 2 is 1.80 bits per heavy atom. The van der Waals surface area contributed by atoms with Crippen LogP contribution in [-0.2, 0) is 14.3 Å². The zero-order valence-corrected chi connectivity index (χ0v) is 14.0. The minimum Gasteiger partial charge on any atom is -0.461 e. The van der Waals surface area contributed by atoms with Crippen LogP contribution < -0.4 is 5.32 Å². The van der Waals surface area contributed by atoms with Crippen LogP contribution in [0.3, 0.4) is 0 Å². The second-order valence-electron chi connectivity index (χ2n) is 6.09. The molecular formula is C21H21NO3. The van der Waals surface area contributed by atoms with Gasteiger partial charge in [-0.05, 0) is 24.3 Å². The molecule has 128 valence electrons. The molecule has 4 nitrogen and oxygen atoms in total. The first-order chi connectivity index (χ1) is 12.2. The van der Waals surface area contributed by atoms with E-state index in [1.165, 1.54) is 6.08 Å². The van der Waals surface area contributed by atoms with E-state index in [1.54, 1.807) is 0 Å². The predicted octanol–water partition coefficient (Wildman–Crippen LogP) is 4.09. The van der Waals surface area contributed by atoms with Gasteiger partial charge >= 0.3 is 5.97 Å². The molecule has 0 saturated carbocycles. The summed E-state index contributed by atoms with van der Waals surface area (Å²) in [7, 11) is 0. The van der Waals surface area contributed by atoms with Crippen molar-refractivity contribution in [3.8, 4) is 0 Å². The van der Waals surface area contributed by atoms with Gasteiger partial charge in [0.1, 0.15) is 6.61 Å². The number of hydrogen-bond acceptors (Lipinski definition) is 3. The van der Waals surface area contributed by atoms with Crippen LogP contribution in [0.2, 0.25) is 0 Å². The summed E-state index contributed by atoms with van der Waals surface area (Å²) in [4.78, 5) is 25.1. The SMILES string of the molecule is C=CCOC(=O)[C@H]1CC=CC[C@H]1C(=O)Nc1cccc2ccccc12. The van der Waals surface area contributed by atoms with Gasteiger partial charge in [0.2, 0.25) is 5.91 Å². The summed E-state index contributed by atoms with van der Waals surface area (Å²) in [6, 6.07) is 13.7. The number of ether oxygens (including phenoxy) is 1. The molecule has 0 aliphatic heterocycles. The number of anilines is 1. The standard InChI is InChI=1S/C21H21NO3/c1-2-14-25-21(24)18-12-6-5-11-17(18)20(23)22-19-13-7-9-15-8-3-4-10-16(15)19/h2-10,13,17-18H,1,11-12,14H2,(H,22,23)/t17-,18+/m1/s1. The maximum Gasteiger partial charge on any atom is 0.310 e. The highest BCUT2D eigenvalue weighted by atomic mass is 16.5. The summed E-state index contributed by atoms with van der Waals surface area (Å²) in [5.41, 5.74) is 0.760. The van der Waals surface area contributed by atoms with E-state index >= 15 is 0 Å². The lowest BCUT2D eigenvalue weighted by Crippen LogP contribution is -2.35. The van der Waals surface area contributed by atoms with Crippen molar-refractivity contribution in [2.24, 2.45) is 11.8 Å². The van der Waals surface area contributed by atoms with Crippen molar-refractivity contribution in [1.82, 2.24) is 0 Å². The highest BCUT2D eigenvalue weighted by Crippen LogP contribution is 2.30. The molecule has 0 saturated heterocycles. The lowest BCUT2D eigenvalue weighted by Gasteiger charge is -2.26. The zero-order chi connectivity index (χ0) is 17.6. The van der Waals surface area contributed by atoms with Crippen LogP contribution in [-0.4, -0.2) is 18.5 Å². The third-order valence-electron chi connectivity index (χ3n) is 4.46. The van der Waals surface area contributed by atoms with Gasteiger partial charge in [-0.25, -0.2) is 0 Å². The van der Waals surface area contributed by atoms with Crippen LogP contribution in [0.1, 0.15) is 12.8 Å². The molecule has 1 N–H and O–H groups in total. The van der Waals surface area contributed by atoms with Gasteiger partial charge in [0.15, 0.2) is 0 Å². The highest BCUT2D eigenvalue weighted by Gasteiger charge is 2.35. The summed E-state index contributed by atoms with van der Waals surface area (Å²) in [5, 5.41) is 5.04. The molecule has 0 fully saturated rings. The third kappa shape index (κ3) is 3.79. The number of amides is 1. The fourth-order valence-electron chi connectivity index (χ4n) is 3.17. The number of benzene rings is 2. The minimum atomic E-state index is -0.458. The summed E-state index contributed by atoms with van der Waals surface area (Å²) in [6.45, 7) is 3.71. The summed E-state index contributed by atoms with van der Waals surface area (Å²) in [5.74, 6) is -1.38. The normalized spacial score (nSPS) is 19.4. The van der Waals surface area contributed by atoms with E-state index in [4.69, 9.17) is 4.74 Å². The Hall–Kier alpha value is -2.88. The number of carbonyl (C=O) groups is 2. The van der Waals surface area contributed by atoms with Gasteiger partial charge in [-0.15, -0.1) is 0 Å². The largest absolute Gasteiger partial charge is 0.461 e. The van der Waals surface area contributed by atoms with E-state index in [1.807, 2.05) is 54.6 Å². The van der Waals surface area contributed by atoms with E-state index in [0.29, 0.717) is 12.8 Å². The molecule has 1 aliphatic rings. The molecule has 4 heteroatoms. The molecule has 2 aromatic carbocycles. The van der Waals surface area contributed by atoms with E-state index in [-0.39, 0.29) is 18.5 Å². The number of fused-ring (bicyclic) bond motifs is 1. The molecule has 1 amide bonds. The Morgan fingerprint density at radius 1 is 1.08 bits per heavy atom. The number of esters is 1. The molecule has 1 aliphatic carbocycles. The second kappa shape index (κ2) is 7.79. The molecular weight excluding hydrogens is 314 g/mol. The zero-order valence-electron chi connectivity index (χ0n) is 14.0. The molecule has 25 heavy (non-hydrogen) atoms. The third-order valence-corrected chi connectivity index (χ3v) is 4.46. The molecule has 0 unspecified atom stereocenters. The molecule has 0 aromatic heterocycles. The average molecular weight is 335 g/mol. The van der Waals surface area contributed by atoms with Crippen molar-refractivity contribution >= 4 is 28.3 Å². The van der Waals surface area contributed by atoms with Gasteiger partial charge < -0.3 is 10.1 Å². The number of rotatable bonds is 5. The summed E-state index contributed by atoms with van der Waals surface area (Å²) < 4.78 is 5.16. The Balaban J connectivity index is 1.79. The fraction of sp³-hybridized carbons (Fsp3) is 0.238. The minimum absolute atomic E-state index is 0.152. The monoisotopic (exact) mass is 335 g/mol. The predicted molar refractivity (Wildman–Crippen MR) is 99.1 cm³/mol. The van der Waals surface area contributed by atoms with Crippen LogP contribution in [0, 0.1) is 11.8 Å². The topological polar surface area (TPSA) is 55.4 Å². The Bertz CT molecular complexity index is 820. The van der Waals surface area contributed by atoms with Gasteiger partial charge in [-0.2, -0.15) is 0 Å². The Kier molecular flexibility index (Phi) is 5.29. The average Bonchev–Trinajstić information content (AvgIpc) is 2.66. The highest BCUT2D eigenvalue weighted by molar-refractivity contribution is 6.03. The molecule has 2 atom stereocenters. The van der Waals surface area contributed by atoms with Crippen molar-refractivity contribution < 1.29 is 14.3 Å². The first-order valence-corrected chi connectivity index (χ1v) is 8.42. The van der Waals surface area contributed by atoms with E-state index in [2.05, 4.69) is 11.9 Å². The summed E-state index contributed by atoms with van der Waals surface area (Å²) in [6.07, 6.45) is 6.46. The lowest BCUT2D eigenvalue weighted by atomic mass is 9.82. The van der Waals surface area contributed by atoms with Crippen LogP contribution in [0.4, 0.5) is 5.69 Å². The first kappa shape index (κ1) is 17.0. The van der Waals surface area contributed by atoms with Gasteiger partial charge in [-0.3, -0.25) is 9.59 Å². The van der Waals surface area contributed by atoms with Crippen LogP contribution in [0.15, 0.2) is 67.3 Å². The first-order valence-electron chi connectivity index (χ1n) is 8.42. The van der Waals surface area contributed by atoms with Crippen molar-refractivity contribution in [1.29, 1.82) is 0 Å². The number of nitrogens with one attached hydrogen (secondary N) is 1. The second-order valence-corrected chi connectivity index (χ2v) is 6.09. The van der Waals surface area contributed by atoms with Crippen molar-refractivity contribution in [2.45, 2.75) is 12.8 Å². The number of carbonyl (C=O) groups excluding carboxylic acids is 2. The van der Waals surface area contributed by atoms with Crippen molar-refractivity contribution in [2.75, 3.05) is 11.9 Å². The van der Waals surface area contributed by atoms with Crippen molar-refractivity contribution in [3.05, 3.63) is 67.3 Å². The Morgan fingerprint density at radius 3 is 2.60 bits per heavy atom. The van der Waals surface area contributed by atoms with Crippen molar-refractivity contribution in [3.63, 3.8) is 0 Å². The van der Waals surface area contributed by atoms with E-state index < -0.39 is 11.8 Å². The van der Waals surface area contributed by atoms with E-state index in [9.17, 15) is 9.59 Å².